The Balaban J connectivity index is 1.66. The van der Waals surface area contributed by atoms with Crippen LogP contribution in [-0.4, -0.2) is 38.6 Å². The quantitative estimate of drug-likeness (QED) is 0.521. The number of hydrogen-bond donors (Lipinski definition) is 2. The van der Waals surface area contributed by atoms with Crippen LogP contribution >= 0.6 is 11.6 Å². The first-order valence-electron chi connectivity index (χ1n) is 9.31. The van der Waals surface area contributed by atoms with Gasteiger partial charge in [0, 0.05) is 30.1 Å². The van der Waals surface area contributed by atoms with Crippen molar-refractivity contribution in [3.63, 3.8) is 0 Å². The summed E-state index contributed by atoms with van der Waals surface area (Å²) in [6.07, 6.45) is 1.27. The molecule has 0 atom stereocenters. The number of methoxy groups -OCH3 is 1. The third-order valence-electron chi connectivity index (χ3n) is 4.15. The lowest BCUT2D eigenvalue weighted by Crippen LogP contribution is -2.28. The van der Waals surface area contributed by atoms with Crippen LogP contribution in [0.3, 0.4) is 0 Å². The van der Waals surface area contributed by atoms with Gasteiger partial charge in [-0.2, -0.15) is 8.78 Å². The Labute approximate surface area is 178 Å². The lowest BCUT2D eigenvalue weighted by molar-refractivity contribution is -0.121. The van der Waals surface area contributed by atoms with E-state index < -0.39 is 6.61 Å². The summed E-state index contributed by atoms with van der Waals surface area (Å²) >= 11 is 5.78. The van der Waals surface area contributed by atoms with Crippen LogP contribution in [0, 0.1) is 0 Å². The monoisotopic (exact) mass is 440 g/mol. The molecule has 2 aromatic carbocycles. The van der Waals surface area contributed by atoms with Gasteiger partial charge in [0.2, 0.25) is 5.91 Å². The number of alkyl halides is 2. The molecule has 0 aliphatic carbocycles. The largest absolute Gasteiger partial charge is 0.493 e. The van der Waals surface area contributed by atoms with E-state index in [9.17, 15) is 18.4 Å². The van der Waals surface area contributed by atoms with Crippen LogP contribution in [0.2, 0.25) is 5.02 Å². The molecule has 9 heteroatoms. The van der Waals surface area contributed by atoms with Crippen molar-refractivity contribution in [2.75, 3.05) is 20.2 Å². The Morgan fingerprint density at radius 2 is 1.77 bits per heavy atom. The first-order chi connectivity index (χ1) is 14.4. The number of ether oxygens (including phenoxy) is 2. The molecule has 30 heavy (non-hydrogen) atoms. The van der Waals surface area contributed by atoms with Crippen molar-refractivity contribution in [1.29, 1.82) is 0 Å². The molecule has 2 N–H and O–H groups in total. The zero-order chi connectivity index (χ0) is 21.9. The average molecular weight is 441 g/mol. The third kappa shape index (κ3) is 7.87. The Bertz CT molecular complexity index is 847. The second-order valence-corrected chi connectivity index (χ2v) is 6.77. The number of rotatable bonds is 11. The van der Waals surface area contributed by atoms with E-state index in [-0.39, 0.29) is 29.7 Å². The molecule has 0 fully saturated rings. The molecule has 0 aliphatic heterocycles. The molecule has 0 saturated carbocycles. The molecule has 0 heterocycles. The van der Waals surface area contributed by atoms with Crippen LogP contribution in [0.4, 0.5) is 8.78 Å². The molecule has 0 saturated heterocycles. The number of halogens is 3. The minimum Gasteiger partial charge on any atom is -0.493 e. The molecule has 162 valence electrons. The van der Waals surface area contributed by atoms with Gasteiger partial charge in [-0.15, -0.1) is 0 Å². The Morgan fingerprint density at radius 3 is 2.43 bits per heavy atom. The van der Waals surface area contributed by atoms with Gasteiger partial charge in [0.1, 0.15) is 0 Å². The van der Waals surface area contributed by atoms with Gasteiger partial charge < -0.3 is 20.1 Å². The minimum atomic E-state index is -2.93. The highest BCUT2D eigenvalue weighted by Gasteiger charge is 2.11. The predicted octanol–water partition coefficient (Wildman–Crippen LogP) is 3.82. The summed E-state index contributed by atoms with van der Waals surface area (Å²) in [6, 6.07) is 11.2. The summed E-state index contributed by atoms with van der Waals surface area (Å²) in [4.78, 5) is 23.9. The van der Waals surface area contributed by atoms with Crippen molar-refractivity contribution in [1.82, 2.24) is 10.6 Å². The van der Waals surface area contributed by atoms with Crippen LogP contribution in [0.1, 0.15) is 28.8 Å². The van der Waals surface area contributed by atoms with Crippen molar-refractivity contribution >= 4 is 23.4 Å². The average Bonchev–Trinajstić information content (AvgIpc) is 2.72. The second-order valence-electron chi connectivity index (χ2n) is 6.33. The van der Waals surface area contributed by atoms with E-state index in [1.165, 1.54) is 13.2 Å². The molecule has 0 spiro atoms. The molecule has 0 bridgehead atoms. The van der Waals surface area contributed by atoms with Crippen molar-refractivity contribution in [2.45, 2.75) is 25.9 Å². The number of hydrogen-bond acceptors (Lipinski definition) is 4. The SMILES string of the molecule is COc1cc(CCNC(=O)CCCNC(=O)c2ccc(Cl)cc2)ccc1OC(F)F. The number of carbonyl (C=O) groups is 2. The summed E-state index contributed by atoms with van der Waals surface area (Å²) in [6.45, 7) is -2.17. The van der Waals surface area contributed by atoms with Gasteiger partial charge >= 0.3 is 6.61 Å². The zero-order valence-corrected chi connectivity index (χ0v) is 17.2. The fourth-order valence-corrected chi connectivity index (χ4v) is 2.78. The van der Waals surface area contributed by atoms with Crippen LogP contribution in [0.25, 0.3) is 0 Å². The predicted molar refractivity (Wildman–Crippen MR) is 109 cm³/mol. The van der Waals surface area contributed by atoms with Gasteiger partial charge in [-0.1, -0.05) is 17.7 Å². The second kappa shape index (κ2) is 12.0. The van der Waals surface area contributed by atoms with Crippen LogP contribution in [0.5, 0.6) is 11.5 Å². The number of nitrogens with one attached hydrogen (secondary N) is 2. The van der Waals surface area contributed by atoms with Gasteiger partial charge in [-0.3, -0.25) is 9.59 Å². The van der Waals surface area contributed by atoms with Gasteiger partial charge in [0.15, 0.2) is 11.5 Å². The molecule has 0 aliphatic rings. The summed E-state index contributed by atoms with van der Waals surface area (Å²) < 4.78 is 34.1. The molecule has 2 rings (SSSR count). The molecular weight excluding hydrogens is 418 g/mol. The van der Waals surface area contributed by atoms with Crippen LogP contribution in [0.15, 0.2) is 42.5 Å². The zero-order valence-electron chi connectivity index (χ0n) is 16.4. The lowest BCUT2D eigenvalue weighted by Gasteiger charge is -2.12. The number of amides is 2. The lowest BCUT2D eigenvalue weighted by atomic mass is 10.1. The van der Waals surface area contributed by atoms with E-state index in [2.05, 4.69) is 15.4 Å². The minimum absolute atomic E-state index is 0.0408. The van der Waals surface area contributed by atoms with Crippen molar-refractivity contribution < 1.29 is 27.8 Å². The molecule has 6 nitrogen and oxygen atoms in total. The molecule has 2 amide bonds. The maximum atomic E-state index is 12.3. The number of benzene rings is 2. The van der Waals surface area contributed by atoms with E-state index in [1.54, 1.807) is 36.4 Å². The third-order valence-corrected chi connectivity index (χ3v) is 4.40. The summed E-state index contributed by atoms with van der Waals surface area (Å²) in [5, 5.41) is 6.08. The summed E-state index contributed by atoms with van der Waals surface area (Å²) in [5.41, 5.74) is 1.31. The first-order valence-corrected chi connectivity index (χ1v) is 9.69. The maximum absolute atomic E-state index is 12.3. The van der Waals surface area contributed by atoms with E-state index >= 15 is 0 Å². The summed E-state index contributed by atoms with van der Waals surface area (Å²) in [7, 11) is 1.37. The fourth-order valence-electron chi connectivity index (χ4n) is 2.65. The van der Waals surface area contributed by atoms with Gasteiger partial charge in [0.25, 0.3) is 5.91 Å². The highest BCUT2D eigenvalue weighted by Crippen LogP contribution is 2.29. The highest BCUT2D eigenvalue weighted by molar-refractivity contribution is 6.30. The van der Waals surface area contributed by atoms with Gasteiger partial charge in [0.05, 0.1) is 7.11 Å². The van der Waals surface area contributed by atoms with Gasteiger partial charge in [-0.05, 0) is 54.8 Å². The van der Waals surface area contributed by atoms with E-state index in [4.69, 9.17) is 16.3 Å². The van der Waals surface area contributed by atoms with Gasteiger partial charge in [-0.25, -0.2) is 0 Å². The topological polar surface area (TPSA) is 76.7 Å². The highest BCUT2D eigenvalue weighted by atomic mass is 35.5. The standard InChI is InChI=1S/C21H23ClF2N2O4/c1-29-18-13-14(4-9-17(18)30-21(23)24)10-12-25-19(27)3-2-11-26-20(28)15-5-7-16(22)8-6-15/h4-9,13,21H,2-3,10-12H2,1H3,(H,25,27)(H,26,28). The van der Waals surface area contributed by atoms with Crippen molar-refractivity contribution in [3.8, 4) is 11.5 Å². The van der Waals surface area contributed by atoms with E-state index in [1.807, 2.05) is 0 Å². The van der Waals surface area contributed by atoms with E-state index in [0.717, 1.165) is 5.56 Å². The Kier molecular flexibility index (Phi) is 9.34. The molecular formula is C21H23ClF2N2O4. The molecule has 0 aromatic heterocycles. The number of carbonyl (C=O) groups excluding carboxylic acids is 2. The fraction of sp³-hybridized carbons (Fsp3) is 0.333. The Hall–Kier alpha value is -2.87. The normalized spacial score (nSPS) is 10.6. The molecule has 0 radical (unpaired) electrons. The van der Waals surface area contributed by atoms with Crippen molar-refractivity contribution in [2.24, 2.45) is 0 Å². The molecule has 2 aromatic rings. The van der Waals surface area contributed by atoms with Crippen molar-refractivity contribution in [3.05, 3.63) is 58.6 Å². The molecule has 0 unspecified atom stereocenters. The van der Waals surface area contributed by atoms with E-state index in [0.29, 0.717) is 36.5 Å². The van der Waals surface area contributed by atoms with Crippen LogP contribution in [-0.2, 0) is 11.2 Å². The first kappa shape index (κ1) is 23.4. The smallest absolute Gasteiger partial charge is 0.387 e. The summed E-state index contributed by atoms with van der Waals surface area (Å²) in [5.74, 6) is -0.197. The van der Waals surface area contributed by atoms with Crippen LogP contribution < -0.4 is 20.1 Å². The maximum Gasteiger partial charge on any atom is 0.387 e. The Morgan fingerprint density at radius 1 is 1.03 bits per heavy atom.